The first-order valence-corrected chi connectivity index (χ1v) is 6.33. The molecule has 3 heterocycles. The Morgan fingerprint density at radius 1 is 1.56 bits per heavy atom. The number of nitrogens with zero attached hydrogens (tertiary/aromatic N) is 3. The lowest BCUT2D eigenvalue weighted by Gasteiger charge is -2.25. The molecule has 0 amide bonds. The smallest absolute Gasteiger partial charge is 0.338 e. The number of aromatic carboxylic acids is 1. The third-order valence-electron chi connectivity index (χ3n) is 2.84. The van der Waals surface area contributed by atoms with Crippen molar-refractivity contribution in [2.75, 3.05) is 13.2 Å². The number of carboxylic acid groups (broad SMARTS) is 1. The Bertz CT molecular complexity index is 621. The molecular weight excluding hydrogens is 254 g/mol. The van der Waals surface area contributed by atoms with Crippen LogP contribution in [-0.2, 0) is 11.8 Å². The van der Waals surface area contributed by atoms with Gasteiger partial charge in [-0.05, 0) is 0 Å². The van der Waals surface area contributed by atoms with E-state index in [4.69, 9.17) is 4.74 Å². The van der Waals surface area contributed by atoms with Crippen molar-refractivity contribution in [3.05, 3.63) is 18.0 Å². The van der Waals surface area contributed by atoms with E-state index in [0.29, 0.717) is 24.1 Å². The van der Waals surface area contributed by atoms with Gasteiger partial charge in [0.15, 0.2) is 5.65 Å². The lowest BCUT2D eigenvalue weighted by Crippen LogP contribution is -2.30. The van der Waals surface area contributed by atoms with Gasteiger partial charge in [0.1, 0.15) is 0 Å². The zero-order valence-electron chi connectivity index (χ0n) is 9.66. The average molecular weight is 265 g/mol. The summed E-state index contributed by atoms with van der Waals surface area (Å²) in [4.78, 5) is 16.1. The van der Waals surface area contributed by atoms with E-state index in [1.54, 1.807) is 17.9 Å². The summed E-state index contributed by atoms with van der Waals surface area (Å²) in [7, 11) is 1.79. The number of ether oxygens (including phenoxy) is 1. The number of carbonyl (C=O) groups is 1. The molecule has 1 N–H and O–H groups in total. The highest BCUT2D eigenvalue weighted by Gasteiger charge is 2.25. The van der Waals surface area contributed by atoms with Crippen LogP contribution in [0.4, 0.5) is 0 Å². The number of hydrogen-bond acceptors (Lipinski definition) is 5. The number of thioether (sulfide) groups is 1. The third kappa shape index (κ3) is 1.75. The molecular formula is C11H11N3O3S. The van der Waals surface area contributed by atoms with Gasteiger partial charge >= 0.3 is 5.97 Å². The second-order valence-corrected chi connectivity index (χ2v) is 5.40. The second kappa shape index (κ2) is 4.25. The zero-order chi connectivity index (χ0) is 12.7. The highest BCUT2D eigenvalue weighted by Crippen LogP contribution is 2.35. The van der Waals surface area contributed by atoms with Crippen molar-refractivity contribution in [1.29, 1.82) is 0 Å². The lowest BCUT2D eigenvalue weighted by molar-refractivity contribution is 0.0455. The van der Waals surface area contributed by atoms with Crippen LogP contribution in [0, 0.1) is 0 Å². The van der Waals surface area contributed by atoms with Crippen molar-refractivity contribution in [2.45, 2.75) is 10.1 Å². The molecule has 94 valence electrons. The van der Waals surface area contributed by atoms with E-state index in [2.05, 4.69) is 10.1 Å². The van der Waals surface area contributed by atoms with Crippen LogP contribution >= 0.6 is 11.8 Å². The second-order valence-electron chi connectivity index (χ2n) is 4.09. The SMILES string of the molecule is Cn1ncc2c(SC3COC3)c(C(=O)O)cnc21. The van der Waals surface area contributed by atoms with Gasteiger partial charge in [0.25, 0.3) is 0 Å². The fourth-order valence-corrected chi connectivity index (χ4v) is 3.00. The van der Waals surface area contributed by atoms with E-state index in [1.165, 1.54) is 18.0 Å². The highest BCUT2D eigenvalue weighted by atomic mass is 32.2. The summed E-state index contributed by atoms with van der Waals surface area (Å²) >= 11 is 1.53. The Labute approximate surface area is 107 Å². The van der Waals surface area contributed by atoms with Gasteiger partial charge in [0, 0.05) is 18.1 Å². The molecule has 7 heteroatoms. The number of rotatable bonds is 3. The predicted molar refractivity (Wildman–Crippen MR) is 65.9 cm³/mol. The molecule has 1 aliphatic heterocycles. The molecule has 2 aromatic heterocycles. The minimum Gasteiger partial charge on any atom is -0.478 e. The average Bonchev–Trinajstić information content (AvgIpc) is 2.65. The normalized spacial score (nSPS) is 15.8. The molecule has 2 aromatic rings. The topological polar surface area (TPSA) is 77.2 Å². The molecule has 0 aromatic carbocycles. The van der Waals surface area contributed by atoms with Crippen LogP contribution in [0.2, 0.25) is 0 Å². The van der Waals surface area contributed by atoms with Crippen molar-refractivity contribution in [3.63, 3.8) is 0 Å². The number of pyridine rings is 1. The summed E-state index contributed by atoms with van der Waals surface area (Å²) < 4.78 is 6.76. The standard InChI is InChI=1S/C11H11N3O3S/c1-14-10-7(3-13-14)9(18-6-4-17-5-6)8(2-12-10)11(15)16/h2-3,6H,4-5H2,1H3,(H,15,16). The van der Waals surface area contributed by atoms with Gasteiger partial charge in [0.2, 0.25) is 0 Å². The van der Waals surface area contributed by atoms with Crippen molar-refractivity contribution >= 4 is 28.8 Å². The molecule has 0 saturated carbocycles. The fraction of sp³-hybridized carbons (Fsp3) is 0.364. The summed E-state index contributed by atoms with van der Waals surface area (Å²) in [5.74, 6) is -0.962. The number of fused-ring (bicyclic) bond motifs is 1. The van der Waals surface area contributed by atoms with Gasteiger partial charge in [-0.3, -0.25) is 4.68 Å². The quantitative estimate of drug-likeness (QED) is 0.897. The number of aryl methyl sites for hydroxylation is 1. The molecule has 1 aliphatic rings. The van der Waals surface area contributed by atoms with Crippen molar-refractivity contribution in [3.8, 4) is 0 Å². The maximum atomic E-state index is 11.2. The van der Waals surface area contributed by atoms with Crippen molar-refractivity contribution in [2.24, 2.45) is 7.05 Å². The maximum Gasteiger partial charge on any atom is 0.338 e. The molecule has 0 aliphatic carbocycles. The van der Waals surface area contributed by atoms with Gasteiger partial charge in [-0.15, -0.1) is 11.8 Å². The Morgan fingerprint density at radius 3 is 2.94 bits per heavy atom. The van der Waals surface area contributed by atoms with E-state index in [9.17, 15) is 9.90 Å². The maximum absolute atomic E-state index is 11.2. The van der Waals surface area contributed by atoms with E-state index < -0.39 is 5.97 Å². The largest absolute Gasteiger partial charge is 0.478 e. The molecule has 1 saturated heterocycles. The lowest BCUT2D eigenvalue weighted by atomic mass is 10.2. The third-order valence-corrected chi connectivity index (χ3v) is 4.12. The molecule has 6 nitrogen and oxygen atoms in total. The van der Waals surface area contributed by atoms with Crippen molar-refractivity contribution < 1.29 is 14.6 Å². The van der Waals surface area contributed by atoms with E-state index in [-0.39, 0.29) is 5.56 Å². The minimum atomic E-state index is -0.962. The minimum absolute atomic E-state index is 0.229. The Balaban J connectivity index is 2.14. The first-order valence-electron chi connectivity index (χ1n) is 5.45. The van der Waals surface area contributed by atoms with Gasteiger partial charge < -0.3 is 9.84 Å². The van der Waals surface area contributed by atoms with Gasteiger partial charge in [0.05, 0.1) is 35.6 Å². The number of hydrogen-bond donors (Lipinski definition) is 1. The van der Waals surface area contributed by atoms with Crippen LogP contribution in [-0.4, -0.2) is 44.3 Å². The summed E-state index contributed by atoms with van der Waals surface area (Å²) in [6.45, 7) is 1.32. The van der Waals surface area contributed by atoms with Crippen LogP contribution in [0.25, 0.3) is 11.0 Å². The Kier molecular flexibility index (Phi) is 2.71. The molecule has 0 spiro atoms. The molecule has 0 radical (unpaired) electrons. The van der Waals surface area contributed by atoms with Crippen LogP contribution in [0.15, 0.2) is 17.3 Å². The van der Waals surface area contributed by atoms with Crippen LogP contribution < -0.4 is 0 Å². The van der Waals surface area contributed by atoms with Gasteiger partial charge in [-0.25, -0.2) is 9.78 Å². The molecule has 18 heavy (non-hydrogen) atoms. The van der Waals surface area contributed by atoms with Crippen LogP contribution in [0.5, 0.6) is 0 Å². The summed E-state index contributed by atoms with van der Waals surface area (Å²) in [6, 6.07) is 0. The fourth-order valence-electron chi connectivity index (χ4n) is 1.80. The zero-order valence-corrected chi connectivity index (χ0v) is 10.5. The summed E-state index contributed by atoms with van der Waals surface area (Å²) in [6.07, 6.45) is 3.06. The molecule has 0 bridgehead atoms. The number of carboxylic acids is 1. The van der Waals surface area contributed by atoms with Crippen LogP contribution in [0.3, 0.4) is 0 Å². The highest BCUT2D eigenvalue weighted by molar-refractivity contribution is 8.00. The van der Waals surface area contributed by atoms with Crippen LogP contribution in [0.1, 0.15) is 10.4 Å². The summed E-state index contributed by atoms with van der Waals surface area (Å²) in [5, 5.41) is 14.4. The van der Waals surface area contributed by atoms with Gasteiger partial charge in [-0.2, -0.15) is 5.10 Å². The first kappa shape index (κ1) is 11.5. The van der Waals surface area contributed by atoms with E-state index >= 15 is 0 Å². The molecule has 1 fully saturated rings. The summed E-state index contributed by atoms with van der Waals surface area (Å²) in [5.41, 5.74) is 0.926. The molecule has 0 atom stereocenters. The van der Waals surface area contributed by atoms with Crippen molar-refractivity contribution in [1.82, 2.24) is 14.8 Å². The Hall–Kier alpha value is -1.60. The van der Waals surface area contributed by atoms with E-state index in [1.807, 2.05) is 0 Å². The predicted octanol–water partition coefficient (Wildman–Crippen LogP) is 1.16. The van der Waals surface area contributed by atoms with Gasteiger partial charge in [-0.1, -0.05) is 0 Å². The molecule has 0 unspecified atom stereocenters. The molecule has 3 rings (SSSR count). The Morgan fingerprint density at radius 2 is 2.33 bits per heavy atom. The number of aromatic nitrogens is 3. The first-order chi connectivity index (χ1) is 8.66. The monoisotopic (exact) mass is 265 g/mol. The van der Waals surface area contributed by atoms with E-state index in [0.717, 1.165) is 10.3 Å².